The number of nitrogens with zero attached hydrogens (tertiary/aromatic N) is 4. The number of likely N-dealkylation sites (tertiary alicyclic amines) is 1. The molecule has 0 unspecified atom stereocenters. The zero-order valence-corrected chi connectivity index (χ0v) is 21.4. The van der Waals surface area contributed by atoms with E-state index in [1.807, 2.05) is 18.7 Å². The van der Waals surface area contributed by atoms with Crippen molar-refractivity contribution >= 4 is 46.7 Å². The van der Waals surface area contributed by atoms with Gasteiger partial charge in [0.05, 0.1) is 28.2 Å². The van der Waals surface area contributed by atoms with Crippen LogP contribution in [0.1, 0.15) is 34.7 Å². The third kappa shape index (κ3) is 6.03. The smallest absolute Gasteiger partial charge is 0.253 e. The summed E-state index contributed by atoms with van der Waals surface area (Å²) in [6.07, 6.45) is 6.00. The number of carbonyl (C=O) groups is 2. The molecular formula is C25H26Cl2N6O3. The van der Waals surface area contributed by atoms with Crippen molar-refractivity contribution in [1.82, 2.24) is 20.0 Å². The van der Waals surface area contributed by atoms with Crippen LogP contribution >= 0.6 is 23.2 Å². The van der Waals surface area contributed by atoms with Gasteiger partial charge in [0.1, 0.15) is 5.76 Å². The molecule has 3 heterocycles. The van der Waals surface area contributed by atoms with E-state index in [-0.39, 0.29) is 23.7 Å². The standard InChI is InChI=1S/C25H26Cl2N6O3/c1-15-22(16(2)36-32-15)23-20(27)14-28-25(31-23)30-19-9-12-33(13-10-19)24(35)17-5-7-18(8-6-17)29-21(34)4-3-11-26/h3-8,14,19H,9-13H2,1-2H3,(H,29,34)(H,28,30,31). The maximum absolute atomic E-state index is 13.0. The SMILES string of the molecule is Cc1noc(C)c1-c1nc(NC2CCN(C(=O)c3ccc(NC(=O)C=CCCl)cc3)CC2)ncc1Cl. The zero-order chi connectivity index (χ0) is 25.7. The average Bonchev–Trinajstić information content (AvgIpc) is 3.22. The van der Waals surface area contributed by atoms with E-state index in [2.05, 4.69) is 25.8 Å². The second kappa shape index (κ2) is 11.5. The molecule has 1 aromatic carbocycles. The van der Waals surface area contributed by atoms with E-state index in [1.54, 1.807) is 36.5 Å². The number of hydrogen-bond donors (Lipinski definition) is 2. The summed E-state index contributed by atoms with van der Waals surface area (Å²) in [5, 5.41) is 10.5. The molecule has 1 saturated heterocycles. The Balaban J connectivity index is 1.33. The summed E-state index contributed by atoms with van der Waals surface area (Å²) in [6, 6.07) is 6.97. The molecule has 2 amide bonds. The van der Waals surface area contributed by atoms with Gasteiger partial charge >= 0.3 is 0 Å². The number of carbonyl (C=O) groups excluding carboxylic acids is 2. The molecule has 0 bridgehead atoms. The Morgan fingerprint density at radius 1 is 1.19 bits per heavy atom. The molecule has 1 aliphatic heterocycles. The summed E-state index contributed by atoms with van der Waals surface area (Å²) in [5.74, 6) is 1.07. The number of amides is 2. The van der Waals surface area contributed by atoms with Gasteiger partial charge in [0.25, 0.3) is 5.91 Å². The summed E-state index contributed by atoms with van der Waals surface area (Å²) in [5.41, 5.74) is 3.24. The van der Waals surface area contributed by atoms with Gasteiger partial charge in [0, 0.05) is 42.3 Å². The molecule has 0 aliphatic carbocycles. The van der Waals surface area contributed by atoms with E-state index < -0.39 is 0 Å². The van der Waals surface area contributed by atoms with E-state index in [0.717, 1.165) is 18.4 Å². The first kappa shape index (κ1) is 25.7. The first-order chi connectivity index (χ1) is 17.4. The fourth-order valence-electron chi connectivity index (χ4n) is 4.06. The molecule has 0 saturated carbocycles. The van der Waals surface area contributed by atoms with Crippen molar-refractivity contribution < 1.29 is 14.1 Å². The Morgan fingerprint density at radius 2 is 1.92 bits per heavy atom. The van der Waals surface area contributed by atoms with Crippen molar-refractivity contribution in [2.75, 3.05) is 29.6 Å². The fraction of sp³-hybridized carbons (Fsp3) is 0.320. The van der Waals surface area contributed by atoms with Crippen LogP contribution in [0.25, 0.3) is 11.3 Å². The maximum Gasteiger partial charge on any atom is 0.253 e. The topological polar surface area (TPSA) is 113 Å². The number of anilines is 2. The highest BCUT2D eigenvalue weighted by molar-refractivity contribution is 6.33. The molecule has 0 atom stereocenters. The highest BCUT2D eigenvalue weighted by Gasteiger charge is 2.25. The third-order valence-electron chi connectivity index (χ3n) is 5.89. The van der Waals surface area contributed by atoms with Gasteiger partial charge < -0.3 is 20.1 Å². The number of aryl methyl sites for hydroxylation is 2. The van der Waals surface area contributed by atoms with E-state index in [1.165, 1.54) is 6.08 Å². The maximum atomic E-state index is 13.0. The van der Waals surface area contributed by atoms with E-state index >= 15 is 0 Å². The number of halogens is 2. The Bertz CT molecular complexity index is 1250. The molecule has 0 radical (unpaired) electrons. The van der Waals surface area contributed by atoms with Crippen molar-refractivity contribution in [1.29, 1.82) is 0 Å². The minimum atomic E-state index is -0.271. The molecule has 36 heavy (non-hydrogen) atoms. The van der Waals surface area contributed by atoms with Crippen LogP contribution in [-0.2, 0) is 4.79 Å². The molecular weight excluding hydrogens is 503 g/mol. The highest BCUT2D eigenvalue weighted by Crippen LogP contribution is 2.31. The van der Waals surface area contributed by atoms with Gasteiger partial charge in [-0.05, 0) is 51.0 Å². The zero-order valence-electron chi connectivity index (χ0n) is 19.9. The lowest BCUT2D eigenvalue weighted by molar-refractivity contribution is -0.111. The van der Waals surface area contributed by atoms with Crippen LogP contribution in [0.3, 0.4) is 0 Å². The predicted octanol–water partition coefficient (Wildman–Crippen LogP) is 4.85. The number of rotatable bonds is 7. The van der Waals surface area contributed by atoms with Crippen LogP contribution in [0.5, 0.6) is 0 Å². The van der Waals surface area contributed by atoms with Gasteiger partial charge in [-0.2, -0.15) is 0 Å². The van der Waals surface area contributed by atoms with Crippen molar-refractivity contribution in [3.63, 3.8) is 0 Å². The Morgan fingerprint density at radius 3 is 2.56 bits per heavy atom. The lowest BCUT2D eigenvalue weighted by Gasteiger charge is -2.32. The summed E-state index contributed by atoms with van der Waals surface area (Å²) < 4.78 is 5.25. The van der Waals surface area contributed by atoms with Gasteiger partial charge in [0.15, 0.2) is 0 Å². The molecule has 3 aromatic rings. The van der Waals surface area contributed by atoms with E-state index in [4.69, 9.17) is 27.7 Å². The summed E-state index contributed by atoms with van der Waals surface area (Å²) >= 11 is 11.9. The minimum Gasteiger partial charge on any atom is -0.361 e. The molecule has 0 spiro atoms. The van der Waals surface area contributed by atoms with Gasteiger partial charge in [-0.25, -0.2) is 9.97 Å². The number of aromatic nitrogens is 3. The van der Waals surface area contributed by atoms with Crippen molar-refractivity contribution in [2.45, 2.75) is 32.7 Å². The third-order valence-corrected chi connectivity index (χ3v) is 6.34. The van der Waals surface area contributed by atoms with Gasteiger partial charge in [-0.1, -0.05) is 22.8 Å². The van der Waals surface area contributed by atoms with Gasteiger partial charge in [-0.15, -0.1) is 11.6 Å². The molecule has 4 rings (SSSR count). The fourth-order valence-corrected chi connectivity index (χ4v) is 4.33. The lowest BCUT2D eigenvalue weighted by atomic mass is 10.0. The summed E-state index contributed by atoms with van der Waals surface area (Å²) in [4.78, 5) is 35.5. The molecule has 9 nitrogen and oxygen atoms in total. The van der Waals surface area contributed by atoms with Crippen molar-refractivity contribution in [2.24, 2.45) is 0 Å². The van der Waals surface area contributed by atoms with Crippen LogP contribution in [-0.4, -0.2) is 56.9 Å². The Kier molecular flexibility index (Phi) is 8.22. The van der Waals surface area contributed by atoms with Crippen LogP contribution in [0.15, 0.2) is 47.1 Å². The summed E-state index contributed by atoms with van der Waals surface area (Å²) in [6.45, 7) is 4.86. The minimum absolute atomic E-state index is 0.0446. The van der Waals surface area contributed by atoms with E-state index in [0.29, 0.717) is 52.5 Å². The van der Waals surface area contributed by atoms with Gasteiger partial charge in [-0.3, -0.25) is 9.59 Å². The largest absolute Gasteiger partial charge is 0.361 e. The van der Waals surface area contributed by atoms with Crippen molar-refractivity contribution in [3.05, 3.63) is 64.7 Å². The molecule has 2 N–H and O–H groups in total. The van der Waals surface area contributed by atoms with Crippen LogP contribution in [0, 0.1) is 13.8 Å². The number of hydrogen-bond acceptors (Lipinski definition) is 7. The van der Waals surface area contributed by atoms with E-state index in [9.17, 15) is 9.59 Å². The number of allylic oxidation sites excluding steroid dienone is 1. The van der Waals surface area contributed by atoms with Crippen LogP contribution in [0.4, 0.5) is 11.6 Å². The number of piperidine rings is 1. The van der Waals surface area contributed by atoms with Crippen LogP contribution in [0.2, 0.25) is 5.02 Å². The Hall–Kier alpha value is -3.43. The summed E-state index contributed by atoms with van der Waals surface area (Å²) in [7, 11) is 0. The highest BCUT2D eigenvalue weighted by atomic mass is 35.5. The predicted molar refractivity (Wildman–Crippen MR) is 139 cm³/mol. The molecule has 1 aliphatic rings. The second-order valence-electron chi connectivity index (χ2n) is 8.42. The molecule has 1 fully saturated rings. The van der Waals surface area contributed by atoms with Gasteiger partial charge in [0.2, 0.25) is 11.9 Å². The average molecular weight is 529 g/mol. The number of nitrogens with one attached hydrogen (secondary N) is 2. The van der Waals surface area contributed by atoms with Crippen molar-refractivity contribution in [3.8, 4) is 11.3 Å². The molecule has 11 heteroatoms. The number of benzene rings is 1. The number of alkyl halides is 1. The second-order valence-corrected chi connectivity index (χ2v) is 9.14. The quantitative estimate of drug-likeness (QED) is 0.332. The lowest BCUT2D eigenvalue weighted by Crippen LogP contribution is -2.42. The Labute approximate surface area is 218 Å². The first-order valence-electron chi connectivity index (χ1n) is 11.5. The molecule has 188 valence electrons. The molecule has 2 aromatic heterocycles. The van der Waals surface area contributed by atoms with Crippen LogP contribution < -0.4 is 10.6 Å². The first-order valence-corrected chi connectivity index (χ1v) is 12.4. The monoisotopic (exact) mass is 528 g/mol. The normalized spacial score (nSPS) is 14.3.